The molecule has 0 saturated heterocycles. The smallest absolute Gasteiger partial charge is 0.320 e. The highest BCUT2D eigenvalue weighted by atomic mass is 16.5. The van der Waals surface area contributed by atoms with Crippen molar-refractivity contribution in [3.63, 3.8) is 0 Å². The van der Waals surface area contributed by atoms with Gasteiger partial charge in [-0.25, -0.2) is 0 Å². The molecule has 0 saturated carbocycles. The Morgan fingerprint density at radius 3 is 2.70 bits per heavy atom. The van der Waals surface area contributed by atoms with Gasteiger partial charge in [0.1, 0.15) is 5.75 Å². The SMILES string of the molecule is COc1nc(Oc2ccc3cccnc3c2)c2ccccc2n1. The highest BCUT2D eigenvalue weighted by Crippen LogP contribution is 2.30. The summed E-state index contributed by atoms with van der Waals surface area (Å²) in [6.45, 7) is 0. The number of nitrogens with zero attached hydrogens (tertiary/aromatic N) is 3. The summed E-state index contributed by atoms with van der Waals surface area (Å²) < 4.78 is 11.1. The highest BCUT2D eigenvalue weighted by Gasteiger charge is 2.10. The number of rotatable bonds is 3. The number of hydrogen-bond acceptors (Lipinski definition) is 5. The van der Waals surface area contributed by atoms with Crippen LogP contribution in [0, 0.1) is 0 Å². The zero-order valence-electron chi connectivity index (χ0n) is 12.4. The van der Waals surface area contributed by atoms with Crippen molar-refractivity contribution < 1.29 is 9.47 Å². The predicted molar refractivity (Wildman–Crippen MR) is 87.9 cm³/mol. The standard InChI is InChI=1S/C18H13N3O2/c1-22-18-20-15-7-3-2-6-14(15)17(21-18)23-13-9-8-12-5-4-10-19-16(12)11-13/h2-11H,1H3. The van der Waals surface area contributed by atoms with Crippen molar-refractivity contribution >= 4 is 21.8 Å². The summed E-state index contributed by atoms with van der Waals surface area (Å²) in [5.74, 6) is 1.13. The molecule has 23 heavy (non-hydrogen) atoms. The largest absolute Gasteiger partial charge is 0.467 e. The van der Waals surface area contributed by atoms with Gasteiger partial charge < -0.3 is 9.47 Å². The van der Waals surface area contributed by atoms with Crippen molar-refractivity contribution in [2.45, 2.75) is 0 Å². The first-order chi connectivity index (χ1) is 11.3. The second-order valence-electron chi connectivity index (χ2n) is 4.99. The molecule has 112 valence electrons. The van der Waals surface area contributed by atoms with Gasteiger partial charge in [0.05, 0.1) is 23.5 Å². The van der Waals surface area contributed by atoms with E-state index in [0.717, 1.165) is 21.8 Å². The lowest BCUT2D eigenvalue weighted by Gasteiger charge is -2.09. The van der Waals surface area contributed by atoms with Crippen molar-refractivity contribution in [3.05, 3.63) is 60.8 Å². The van der Waals surface area contributed by atoms with Crippen LogP contribution in [-0.4, -0.2) is 22.1 Å². The monoisotopic (exact) mass is 303 g/mol. The summed E-state index contributed by atoms with van der Waals surface area (Å²) in [4.78, 5) is 13.0. The fourth-order valence-electron chi connectivity index (χ4n) is 2.42. The molecule has 2 heterocycles. The van der Waals surface area contributed by atoms with E-state index in [1.54, 1.807) is 6.20 Å². The molecule has 0 atom stereocenters. The van der Waals surface area contributed by atoms with Crippen molar-refractivity contribution in [1.29, 1.82) is 0 Å². The molecule has 0 aliphatic rings. The van der Waals surface area contributed by atoms with Crippen LogP contribution < -0.4 is 9.47 Å². The van der Waals surface area contributed by atoms with Crippen molar-refractivity contribution in [2.75, 3.05) is 7.11 Å². The third-order valence-electron chi connectivity index (χ3n) is 3.52. The lowest BCUT2D eigenvalue weighted by molar-refractivity contribution is 0.370. The van der Waals surface area contributed by atoms with Gasteiger partial charge in [-0.2, -0.15) is 9.97 Å². The van der Waals surface area contributed by atoms with Crippen molar-refractivity contribution in [2.24, 2.45) is 0 Å². The van der Waals surface area contributed by atoms with E-state index in [2.05, 4.69) is 15.0 Å². The van der Waals surface area contributed by atoms with Crippen LogP contribution >= 0.6 is 0 Å². The maximum absolute atomic E-state index is 5.97. The van der Waals surface area contributed by atoms with E-state index in [9.17, 15) is 0 Å². The molecule has 4 rings (SSSR count). The number of hydrogen-bond donors (Lipinski definition) is 0. The van der Waals surface area contributed by atoms with Gasteiger partial charge in [0, 0.05) is 17.6 Å². The van der Waals surface area contributed by atoms with Crippen LogP contribution in [0.15, 0.2) is 60.8 Å². The molecular weight excluding hydrogens is 290 g/mol. The average molecular weight is 303 g/mol. The molecule has 0 aliphatic carbocycles. The summed E-state index contributed by atoms with van der Waals surface area (Å²) in [6, 6.07) is 17.6. The summed E-state index contributed by atoms with van der Waals surface area (Å²) in [6.07, 6.45) is 1.76. The lowest BCUT2D eigenvalue weighted by atomic mass is 10.2. The average Bonchev–Trinajstić information content (AvgIpc) is 2.61. The quantitative estimate of drug-likeness (QED) is 0.573. The Morgan fingerprint density at radius 2 is 1.78 bits per heavy atom. The zero-order chi connectivity index (χ0) is 15.6. The fraction of sp³-hybridized carbons (Fsp3) is 0.0556. The summed E-state index contributed by atoms with van der Waals surface area (Å²) >= 11 is 0. The van der Waals surface area contributed by atoms with Gasteiger partial charge in [0.25, 0.3) is 0 Å². The minimum Gasteiger partial charge on any atom is -0.467 e. The number of pyridine rings is 1. The maximum atomic E-state index is 5.97. The molecule has 0 bridgehead atoms. The maximum Gasteiger partial charge on any atom is 0.320 e. The summed E-state index contributed by atoms with van der Waals surface area (Å²) in [5.41, 5.74) is 1.64. The van der Waals surface area contributed by atoms with Crippen LogP contribution in [-0.2, 0) is 0 Å². The Hall–Kier alpha value is -3.21. The Kier molecular flexibility index (Phi) is 3.24. The van der Waals surface area contributed by atoms with E-state index in [1.165, 1.54) is 7.11 Å². The van der Waals surface area contributed by atoms with Crippen LogP contribution in [0.5, 0.6) is 17.6 Å². The first-order valence-corrected chi connectivity index (χ1v) is 7.17. The van der Waals surface area contributed by atoms with E-state index in [-0.39, 0.29) is 6.01 Å². The van der Waals surface area contributed by atoms with Crippen molar-refractivity contribution in [3.8, 4) is 17.6 Å². The molecule has 5 nitrogen and oxygen atoms in total. The Balaban J connectivity index is 1.81. The molecule has 0 fully saturated rings. The number of ether oxygens (including phenoxy) is 2. The van der Waals surface area contributed by atoms with E-state index in [4.69, 9.17) is 9.47 Å². The molecule has 2 aromatic heterocycles. The van der Waals surface area contributed by atoms with Crippen LogP contribution in [0.25, 0.3) is 21.8 Å². The van der Waals surface area contributed by atoms with Crippen LogP contribution in [0.1, 0.15) is 0 Å². The number of para-hydroxylation sites is 1. The second kappa shape index (κ2) is 5.53. The van der Waals surface area contributed by atoms with Gasteiger partial charge in [-0.1, -0.05) is 18.2 Å². The summed E-state index contributed by atoms with van der Waals surface area (Å²) in [7, 11) is 1.54. The first-order valence-electron chi connectivity index (χ1n) is 7.17. The molecule has 0 unspecified atom stereocenters. The van der Waals surface area contributed by atoms with E-state index < -0.39 is 0 Å². The van der Waals surface area contributed by atoms with E-state index in [0.29, 0.717) is 11.6 Å². The van der Waals surface area contributed by atoms with Gasteiger partial charge in [-0.05, 0) is 30.3 Å². The Morgan fingerprint density at radius 1 is 0.870 bits per heavy atom. The van der Waals surface area contributed by atoms with E-state index in [1.807, 2.05) is 54.6 Å². The van der Waals surface area contributed by atoms with E-state index >= 15 is 0 Å². The van der Waals surface area contributed by atoms with Crippen LogP contribution in [0.4, 0.5) is 0 Å². The molecule has 5 heteroatoms. The Bertz CT molecular complexity index is 1000. The topological polar surface area (TPSA) is 57.1 Å². The molecule has 0 spiro atoms. The molecule has 0 aliphatic heterocycles. The fourth-order valence-corrected chi connectivity index (χ4v) is 2.42. The second-order valence-corrected chi connectivity index (χ2v) is 4.99. The van der Waals surface area contributed by atoms with Crippen LogP contribution in [0.2, 0.25) is 0 Å². The summed E-state index contributed by atoms with van der Waals surface area (Å²) in [5, 5.41) is 1.89. The third kappa shape index (κ3) is 2.53. The van der Waals surface area contributed by atoms with Gasteiger partial charge in [0.15, 0.2) is 0 Å². The first kappa shape index (κ1) is 13.5. The number of aromatic nitrogens is 3. The highest BCUT2D eigenvalue weighted by molar-refractivity contribution is 5.84. The Labute approximate surface area is 132 Å². The van der Waals surface area contributed by atoms with Crippen molar-refractivity contribution in [1.82, 2.24) is 15.0 Å². The lowest BCUT2D eigenvalue weighted by Crippen LogP contribution is -1.96. The third-order valence-corrected chi connectivity index (χ3v) is 3.52. The predicted octanol–water partition coefficient (Wildman–Crippen LogP) is 3.98. The van der Waals surface area contributed by atoms with Gasteiger partial charge in [0.2, 0.25) is 5.88 Å². The molecule has 0 N–H and O–H groups in total. The van der Waals surface area contributed by atoms with Gasteiger partial charge >= 0.3 is 6.01 Å². The normalized spacial score (nSPS) is 10.8. The molecule has 4 aromatic rings. The van der Waals surface area contributed by atoms with Crippen LogP contribution in [0.3, 0.4) is 0 Å². The number of benzene rings is 2. The minimum absolute atomic E-state index is 0.276. The number of methoxy groups -OCH3 is 1. The van der Waals surface area contributed by atoms with Gasteiger partial charge in [-0.15, -0.1) is 0 Å². The van der Waals surface area contributed by atoms with Gasteiger partial charge in [-0.3, -0.25) is 4.98 Å². The molecule has 0 radical (unpaired) electrons. The molecule has 0 amide bonds. The molecule has 2 aromatic carbocycles. The molecular formula is C18H13N3O2. The minimum atomic E-state index is 0.276. The number of fused-ring (bicyclic) bond motifs is 2. The zero-order valence-corrected chi connectivity index (χ0v) is 12.4.